The minimum absolute atomic E-state index is 0.313. The first-order chi connectivity index (χ1) is 15.5. The summed E-state index contributed by atoms with van der Waals surface area (Å²) in [5, 5.41) is 9.81. The second-order valence-corrected chi connectivity index (χ2v) is 8.46. The Kier molecular flexibility index (Phi) is 5.50. The molecule has 1 fully saturated rings. The zero-order valence-electron chi connectivity index (χ0n) is 17.7. The Balaban J connectivity index is 1.33. The van der Waals surface area contributed by atoms with E-state index in [0.29, 0.717) is 17.5 Å². The van der Waals surface area contributed by atoms with E-state index in [1.54, 1.807) is 6.07 Å². The number of fused-ring (bicyclic) bond motifs is 3. The average Bonchev–Trinajstić information content (AvgIpc) is 3.15. The predicted molar refractivity (Wildman–Crippen MR) is 116 cm³/mol. The largest absolute Gasteiger partial charge is 0.478 e. The van der Waals surface area contributed by atoms with Crippen molar-refractivity contribution < 1.29 is 18.7 Å². The van der Waals surface area contributed by atoms with Crippen LogP contribution in [0.2, 0.25) is 0 Å². The molecule has 1 aromatic carbocycles. The molecule has 0 amide bonds. The van der Waals surface area contributed by atoms with Crippen LogP contribution in [0, 0.1) is 11.6 Å². The van der Waals surface area contributed by atoms with Crippen molar-refractivity contribution in [2.75, 3.05) is 37.6 Å². The molecular formula is C23H25F2N5O2. The zero-order valence-corrected chi connectivity index (χ0v) is 17.7. The average molecular weight is 441 g/mol. The SMILES string of the molecule is O=C(O)c1c2n(c3c(N4CCN(CCc5ccc(F)c(F)c5)CC4)ncnc13)CCCC2. The molecule has 1 N–H and O–H groups in total. The van der Waals surface area contributed by atoms with Crippen LogP contribution in [0.1, 0.15) is 34.5 Å². The van der Waals surface area contributed by atoms with E-state index >= 15 is 0 Å². The second-order valence-electron chi connectivity index (χ2n) is 8.46. The summed E-state index contributed by atoms with van der Waals surface area (Å²) in [4.78, 5) is 25.4. The number of benzene rings is 1. The lowest BCUT2D eigenvalue weighted by Gasteiger charge is -2.35. The van der Waals surface area contributed by atoms with Gasteiger partial charge >= 0.3 is 5.97 Å². The summed E-state index contributed by atoms with van der Waals surface area (Å²) in [6, 6.07) is 4.06. The first-order valence-electron chi connectivity index (χ1n) is 11.0. The number of piperazine rings is 1. The number of aromatic carboxylic acids is 1. The molecule has 4 heterocycles. The van der Waals surface area contributed by atoms with E-state index in [9.17, 15) is 18.7 Å². The van der Waals surface area contributed by atoms with Crippen LogP contribution in [-0.4, -0.2) is 63.2 Å². The van der Waals surface area contributed by atoms with Gasteiger partial charge in [-0.25, -0.2) is 23.5 Å². The van der Waals surface area contributed by atoms with Crippen LogP contribution in [-0.2, 0) is 19.4 Å². The number of carbonyl (C=O) groups is 1. The molecule has 0 unspecified atom stereocenters. The van der Waals surface area contributed by atoms with Crippen LogP contribution in [0.3, 0.4) is 0 Å². The van der Waals surface area contributed by atoms with E-state index in [1.807, 2.05) is 0 Å². The number of halogens is 2. The summed E-state index contributed by atoms with van der Waals surface area (Å²) in [6.07, 6.45) is 4.86. The molecule has 0 bridgehead atoms. The Hall–Kier alpha value is -3.07. The van der Waals surface area contributed by atoms with Crippen LogP contribution in [0.5, 0.6) is 0 Å². The van der Waals surface area contributed by atoms with Crippen molar-refractivity contribution in [1.29, 1.82) is 0 Å². The lowest BCUT2D eigenvalue weighted by molar-refractivity contribution is 0.0697. The van der Waals surface area contributed by atoms with Crippen LogP contribution in [0.25, 0.3) is 11.0 Å². The van der Waals surface area contributed by atoms with Gasteiger partial charge in [0.15, 0.2) is 17.5 Å². The highest BCUT2D eigenvalue weighted by molar-refractivity contribution is 6.06. The van der Waals surface area contributed by atoms with Gasteiger partial charge in [0.25, 0.3) is 0 Å². The van der Waals surface area contributed by atoms with Gasteiger partial charge in [-0.15, -0.1) is 0 Å². The maximum Gasteiger partial charge on any atom is 0.339 e. The van der Waals surface area contributed by atoms with Gasteiger partial charge in [-0.05, 0) is 43.4 Å². The van der Waals surface area contributed by atoms with Gasteiger partial charge in [-0.2, -0.15) is 0 Å². The van der Waals surface area contributed by atoms with Gasteiger partial charge in [-0.3, -0.25) is 4.90 Å². The highest BCUT2D eigenvalue weighted by atomic mass is 19.2. The Labute approximate surface area is 184 Å². The third-order valence-electron chi connectivity index (χ3n) is 6.56. The van der Waals surface area contributed by atoms with Crippen molar-refractivity contribution in [3.63, 3.8) is 0 Å². The molecule has 2 aliphatic rings. The summed E-state index contributed by atoms with van der Waals surface area (Å²) in [5.74, 6) is -1.77. The number of aromatic nitrogens is 3. The Morgan fingerprint density at radius 1 is 1.03 bits per heavy atom. The molecule has 5 rings (SSSR count). The van der Waals surface area contributed by atoms with Gasteiger partial charge in [0.05, 0.1) is 0 Å². The van der Waals surface area contributed by atoms with E-state index in [-0.39, 0.29) is 0 Å². The van der Waals surface area contributed by atoms with Gasteiger partial charge in [-0.1, -0.05) is 6.07 Å². The third kappa shape index (κ3) is 3.70. The summed E-state index contributed by atoms with van der Waals surface area (Å²) < 4.78 is 28.7. The maximum absolute atomic E-state index is 13.4. The molecule has 2 aliphatic heterocycles. The summed E-state index contributed by atoms with van der Waals surface area (Å²) in [6.45, 7) is 4.69. The Morgan fingerprint density at radius 3 is 2.59 bits per heavy atom. The molecule has 0 aliphatic carbocycles. The van der Waals surface area contributed by atoms with Gasteiger partial charge in [0.2, 0.25) is 0 Å². The van der Waals surface area contributed by atoms with E-state index in [2.05, 4.69) is 24.3 Å². The number of carboxylic acids is 1. The van der Waals surface area contributed by atoms with Crippen molar-refractivity contribution in [3.05, 3.63) is 53.0 Å². The highest BCUT2D eigenvalue weighted by Gasteiger charge is 2.29. The number of carboxylic acid groups (broad SMARTS) is 1. The quantitative estimate of drug-likeness (QED) is 0.656. The van der Waals surface area contributed by atoms with Gasteiger partial charge < -0.3 is 14.6 Å². The van der Waals surface area contributed by atoms with Crippen molar-refractivity contribution in [3.8, 4) is 0 Å². The van der Waals surface area contributed by atoms with Gasteiger partial charge in [0.1, 0.15) is 22.9 Å². The number of rotatable bonds is 5. The molecule has 0 atom stereocenters. The lowest BCUT2D eigenvalue weighted by atomic mass is 10.1. The highest BCUT2D eigenvalue weighted by Crippen LogP contribution is 2.34. The van der Waals surface area contributed by atoms with Crippen LogP contribution in [0.4, 0.5) is 14.6 Å². The van der Waals surface area contributed by atoms with Crippen LogP contribution in [0.15, 0.2) is 24.5 Å². The summed E-state index contributed by atoms with van der Waals surface area (Å²) in [5.41, 5.74) is 3.30. The smallest absolute Gasteiger partial charge is 0.339 e. The lowest BCUT2D eigenvalue weighted by Crippen LogP contribution is -2.47. The van der Waals surface area contributed by atoms with E-state index in [0.717, 1.165) is 81.1 Å². The molecule has 0 radical (unpaired) electrons. The molecule has 7 nitrogen and oxygen atoms in total. The number of aryl methyl sites for hydroxylation is 1. The predicted octanol–water partition coefficient (Wildman–Crippen LogP) is 3.11. The third-order valence-corrected chi connectivity index (χ3v) is 6.56. The minimum atomic E-state index is -0.933. The standard InChI is InChI=1S/C23H25F2N5O2/c24-16-5-4-15(13-17(16)25)6-8-28-9-11-29(12-10-28)22-21-20(26-14-27-22)19(23(31)32)18-3-1-2-7-30(18)21/h4-5,13-14H,1-3,6-12H2,(H,31,32). The molecule has 0 saturated carbocycles. The normalized spacial score (nSPS) is 17.0. The first kappa shape index (κ1) is 20.8. The molecule has 1 saturated heterocycles. The molecule has 32 heavy (non-hydrogen) atoms. The van der Waals surface area contributed by atoms with Crippen molar-refractivity contribution >= 4 is 22.8 Å². The summed E-state index contributed by atoms with van der Waals surface area (Å²) in [7, 11) is 0. The molecule has 9 heteroatoms. The first-order valence-corrected chi connectivity index (χ1v) is 11.0. The monoisotopic (exact) mass is 441 g/mol. The van der Waals surface area contributed by atoms with E-state index in [4.69, 9.17) is 0 Å². The van der Waals surface area contributed by atoms with Crippen molar-refractivity contribution in [2.45, 2.75) is 32.2 Å². The summed E-state index contributed by atoms with van der Waals surface area (Å²) >= 11 is 0. The van der Waals surface area contributed by atoms with Crippen LogP contribution >= 0.6 is 0 Å². The maximum atomic E-state index is 13.4. The number of hydrogen-bond donors (Lipinski definition) is 1. The molecule has 3 aromatic rings. The topological polar surface area (TPSA) is 74.5 Å². The molecule has 2 aromatic heterocycles. The molecular weight excluding hydrogens is 416 g/mol. The van der Waals surface area contributed by atoms with Crippen molar-refractivity contribution in [2.24, 2.45) is 0 Å². The van der Waals surface area contributed by atoms with E-state index in [1.165, 1.54) is 18.5 Å². The Bertz CT molecular complexity index is 1170. The number of nitrogens with zero attached hydrogens (tertiary/aromatic N) is 5. The number of hydrogen-bond acceptors (Lipinski definition) is 5. The van der Waals surface area contributed by atoms with Gasteiger partial charge in [0, 0.05) is 45.0 Å². The second kappa shape index (κ2) is 8.46. The fourth-order valence-corrected chi connectivity index (χ4v) is 4.90. The fourth-order valence-electron chi connectivity index (χ4n) is 4.90. The zero-order chi connectivity index (χ0) is 22.2. The van der Waals surface area contributed by atoms with Crippen LogP contribution < -0.4 is 4.90 Å². The van der Waals surface area contributed by atoms with E-state index < -0.39 is 17.6 Å². The minimum Gasteiger partial charge on any atom is -0.478 e. The molecule has 0 spiro atoms. The van der Waals surface area contributed by atoms with Crippen molar-refractivity contribution in [1.82, 2.24) is 19.4 Å². The Morgan fingerprint density at radius 2 is 1.84 bits per heavy atom. The number of anilines is 1. The fraction of sp³-hybridized carbons (Fsp3) is 0.435. The molecule has 168 valence electrons.